The van der Waals surface area contributed by atoms with E-state index in [4.69, 9.17) is 10.00 Å². The minimum absolute atomic E-state index is 0.111. The number of benzene rings is 3. The average molecular weight is 494 g/mol. The lowest BCUT2D eigenvalue weighted by Crippen LogP contribution is -2.40. The number of amides is 1. The highest BCUT2D eigenvalue weighted by molar-refractivity contribution is 7.89. The molecule has 0 N–H and O–H groups in total. The monoisotopic (exact) mass is 493 g/mol. The van der Waals surface area contributed by atoms with Crippen LogP contribution in [0.15, 0.2) is 77.7 Å². The molecule has 1 aliphatic heterocycles. The third-order valence-corrected chi connectivity index (χ3v) is 7.63. The molecule has 1 aliphatic rings. The molecule has 0 aromatic heterocycles. The van der Waals surface area contributed by atoms with Gasteiger partial charge in [-0.15, -0.1) is 0 Å². The van der Waals surface area contributed by atoms with Gasteiger partial charge in [0.05, 0.1) is 29.7 Å². The maximum atomic E-state index is 13.8. The second-order valence-electron chi connectivity index (χ2n) is 8.14. The third kappa shape index (κ3) is 5.92. The van der Waals surface area contributed by atoms with Gasteiger partial charge in [-0.05, 0) is 59.7 Å². The second-order valence-corrected chi connectivity index (χ2v) is 10.1. The van der Waals surface area contributed by atoms with Crippen LogP contribution in [0.1, 0.15) is 27.0 Å². The van der Waals surface area contributed by atoms with E-state index >= 15 is 0 Å². The molecule has 1 saturated heterocycles. The SMILES string of the molecule is N#Cc1ccc(CN(Cc2cccc(F)c2)C(=O)c2ccc(S(=O)(=O)N3CCOCC3)cc2)cc1. The van der Waals surface area contributed by atoms with Crippen molar-refractivity contribution < 1.29 is 22.3 Å². The Morgan fingerprint density at radius 1 is 0.971 bits per heavy atom. The summed E-state index contributed by atoms with van der Waals surface area (Å²) in [6.45, 7) is 1.66. The van der Waals surface area contributed by atoms with Gasteiger partial charge in [0.25, 0.3) is 5.91 Å². The molecule has 1 fully saturated rings. The number of nitrogens with zero attached hydrogens (tertiary/aromatic N) is 3. The van der Waals surface area contributed by atoms with E-state index in [1.807, 2.05) is 0 Å². The first-order valence-corrected chi connectivity index (χ1v) is 12.5. The smallest absolute Gasteiger partial charge is 0.254 e. The Hall–Kier alpha value is -3.58. The summed E-state index contributed by atoms with van der Waals surface area (Å²) in [5.41, 5.74) is 2.25. The summed E-state index contributed by atoms with van der Waals surface area (Å²) < 4.78 is 46.1. The maximum absolute atomic E-state index is 13.8. The molecule has 0 atom stereocenters. The van der Waals surface area contributed by atoms with E-state index in [1.165, 1.54) is 40.7 Å². The highest BCUT2D eigenvalue weighted by atomic mass is 32.2. The number of nitriles is 1. The lowest BCUT2D eigenvalue weighted by molar-refractivity contribution is 0.0729. The minimum Gasteiger partial charge on any atom is -0.379 e. The van der Waals surface area contributed by atoms with Crippen LogP contribution < -0.4 is 0 Å². The van der Waals surface area contributed by atoms with Gasteiger partial charge in [0.2, 0.25) is 10.0 Å². The Morgan fingerprint density at radius 2 is 1.63 bits per heavy atom. The van der Waals surface area contributed by atoms with Gasteiger partial charge in [0, 0.05) is 31.7 Å². The van der Waals surface area contributed by atoms with Crippen molar-refractivity contribution in [2.24, 2.45) is 0 Å². The number of ether oxygens (including phenoxy) is 1. The molecule has 0 spiro atoms. The van der Waals surface area contributed by atoms with E-state index < -0.39 is 15.8 Å². The molecule has 9 heteroatoms. The molecule has 3 aromatic rings. The first kappa shape index (κ1) is 24.5. The topological polar surface area (TPSA) is 90.7 Å². The summed E-state index contributed by atoms with van der Waals surface area (Å²) >= 11 is 0. The fourth-order valence-electron chi connectivity index (χ4n) is 3.85. The molecule has 1 heterocycles. The van der Waals surface area contributed by atoms with Crippen molar-refractivity contribution in [3.63, 3.8) is 0 Å². The van der Waals surface area contributed by atoms with Crippen molar-refractivity contribution in [2.45, 2.75) is 18.0 Å². The molecule has 0 bridgehead atoms. The van der Waals surface area contributed by atoms with E-state index in [2.05, 4.69) is 6.07 Å². The van der Waals surface area contributed by atoms with Crippen molar-refractivity contribution in [2.75, 3.05) is 26.3 Å². The van der Waals surface area contributed by atoms with E-state index in [0.717, 1.165) is 5.56 Å². The Balaban J connectivity index is 1.58. The molecular formula is C26H24FN3O4S. The van der Waals surface area contributed by atoms with Crippen LogP contribution in [0.4, 0.5) is 4.39 Å². The Labute approximate surface area is 204 Å². The fraction of sp³-hybridized carbons (Fsp3) is 0.231. The lowest BCUT2D eigenvalue weighted by Gasteiger charge is -2.26. The summed E-state index contributed by atoms with van der Waals surface area (Å²) in [5.74, 6) is -0.722. The van der Waals surface area contributed by atoms with Crippen LogP contribution in [-0.4, -0.2) is 49.8 Å². The molecule has 180 valence electrons. The van der Waals surface area contributed by atoms with Gasteiger partial charge in [-0.1, -0.05) is 24.3 Å². The van der Waals surface area contributed by atoms with E-state index in [-0.39, 0.29) is 37.0 Å². The predicted octanol–water partition coefficient (Wildman–Crippen LogP) is 3.56. The summed E-state index contributed by atoms with van der Waals surface area (Å²) in [7, 11) is -3.67. The van der Waals surface area contributed by atoms with Crippen molar-refractivity contribution in [1.82, 2.24) is 9.21 Å². The normalized spacial score (nSPS) is 14.3. The summed E-state index contributed by atoms with van der Waals surface area (Å²) in [5, 5.41) is 9.03. The van der Waals surface area contributed by atoms with Crippen LogP contribution in [0, 0.1) is 17.1 Å². The van der Waals surface area contributed by atoms with Crippen molar-refractivity contribution in [3.8, 4) is 6.07 Å². The largest absolute Gasteiger partial charge is 0.379 e. The summed E-state index contributed by atoms with van der Waals surface area (Å²) in [6.07, 6.45) is 0. The molecule has 35 heavy (non-hydrogen) atoms. The number of carbonyl (C=O) groups is 1. The zero-order valence-corrected chi connectivity index (χ0v) is 19.7. The van der Waals surface area contributed by atoms with Crippen LogP contribution >= 0.6 is 0 Å². The van der Waals surface area contributed by atoms with Crippen LogP contribution in [-0.2, 0) is 27.8 Å². The van der Waals surface area contributed by atoms with Gasteiger partial charge in [-0.25, -0.2) is 12.8 Å². The zero-order valence-electron chi connectivity index (χ0n) is 18.9. The number of halogens is 1. The standard InChI is InChI=1S/C26H24FN3O4S/c27-24-3-1-2-22(16-24)19-29(18-21-6-4-20(17-28)5-7-21)26(31)23-8-10-25(11-9-23)35(32,33)30-12-14-34-15-13-30/h1-11,16H,12-15,18-19H2. The van der Waals surface area contributed by atoms with Crippen LogP contribution in [0.5, 0.6) is 0 Å². The molecule has 0 aliphatic carbocycles. The predicted molar refractivity (Wildman–Crippen MR) is 127 cm³/mol. The molecule has 0 radical (unpaired) electrons. The van der Waals surface area contributed by atoms with E-state index in [0.29, 0.717) is 29.9 Å². The fourth-order valence-corrected chi connectivity index (χ4v) is 5.26. The highest BCUT2D eigenvalue weighted by Crippen LogP contribution is 2.20. The van der Waals surface area contributed by atoms with Gasteiger partial charge in [0.15, 0.2) is 0 Å². The van der Waals surface area contributed by atoms with Crippen molar-refractivity contribution in [1.29, 1.82) is 5.26 Å². The number of hydrogen-bond acceptors (Lipinski definition) is 5. The molecule has 0 unspecified atom stereocenters. The van der Waals surface area contributed by atoms with Crippen molar-refractivity contribution >= 4 is 15.9 Å². The molecule has 1 amide bonds. The molecule has 3 aromatic carbocycles. The Bertz CT molecular complexity index is 1330. The maximum Gasteiger partial charge on any atom is 0.254 e. The number of carbonyl (C=O) groups excluding carboxylic acids is 1. The van der Waals surface area contributed by atoms with Crippen LogP contribution in [0.3, 0.4) is 0 Å². The van der Waals surface area contributed by atoms with Gasteiger partial charge in [-0.2, -0.15) is 9.57 Å². The zero-order chi connectivity index (χ0) is 24.8. The number of rotatable bonds is 7. The second kappa shape index (κ2) is 10.8. The first-order chi connectivity index (χ1) is 16.9. The molecule has 7 nitrogen and oxygen atoms in total. The van der Waals surface area contributed by atoms with Gasteiger partial charge in [0.1, 0.15) is 5.82 Å². The summed E-state index contributed by atoms with van der Waals surface area (Å²) in [4.78, 5) is 15.1. The van der Waals surface area contributed by atoms with Crippen LogP contribution in [0.2, 0.25) is 0 Å². The highest BCUT2D eigenvalue weighted by Gasteiger charge is 2.27. The van der Waals surface area contributed by atoms with Gasteiger partial charge < -0.3 is 9.64 Å². The lowest BCUT2D eigenvalue weighted by atomic mass is 10.1. The number of morpholine rings is 1. The molecular weight excluding hydrogens is 469 g/mol. The van der Waals surface area contributed by atoms with E-state index in [1.54, 1.807) is 41.3 Å². The molecule has 0 saturated carbocycles. The van der Waals surface area contributed by atoms with Gasteiger partial charge >= 0.3 is 0 Å². The number of hydrogen-bond donors (Lipinski definition) is 0. The molecule has 4 rings (SSSR count). The van der Waals surface area contributed by atoms with Gasteiger partial charge in [-0.3, -0.25) is 4.79 Å². The van der Waals surface area contributed by atoms with Crippen LogP contribution in [0.25, 0.3) is 0 Å². The van der Waals surface area contributed by atoms with E-state index in [9.17, 15) is 17.6 Å². The quantitative estimate of drug-likeness (QED) is 0.502. The third-order valence-electron chi connectivity index (χ3n) is 5.72. The summed E-state index contributed by atoms with van der Waals surface area (Å²) in [6, 6.07) is 20.8. The first-order valence-electron chi connectivity index (χ1n) is 11.1. The number of sulfonamides is 1. The average Bonchev–Trinajstić information content (AvgIpc) is 2.89. The Morgan fingerprint density at radius 3 is 2.26 bits per heavy atom. The Kier molecular flexibility index (Phi) is 7.56. The minimum atomic E-state index is -3.67. The van der Waals surface area contributed by atoms with Crippen molar-refractivity contribution in [3.05, 3.63) is 101 Å².